The molecule has 0 unspecified atom stereocenters. The van der Waals surface area contributed by atoms with Crippen LogP contribution in [0.5, 0.6) is 5.75 Å². The number of fused-ring (bicyclic) bond motifs is 1. The third kappa shape index (κ3) is 4.09. The summed E-state index contributed by atoms with van der Waals surface area (Å²) >= 11 is 1.65. The van der Waals surface area contributed by atoms with Crippen molar-refractivity contribution in [2.75, 3.05) is 26.9 Å². The zero-order chi connectivity index (χ0) is 17.8. The second-order valence-electron chi connectivity index (χ2n) is 7.00. The predicted octanol–water partition coefficient (Wildman–Crippen LogP) is 3.35. The van der Waals surface area contributed by atoms with E-state index in [9.17, 15) is 0 Å². The first kappa shape index (κ1) is 17.9. The summed E-state index contributed by atoms with van der Waals surface area (Å²) in [6.45, 7) is 4.15. The molecule has 1 aromatic heterocycles. The molecule has 26 heavy (non-hydrogen) atoms. The second kappa shape index (κ2) is 8.48. The number of methoxy groups -OCH3 is 1. The molecule has 2 aliphatic rings. The third-order valence-electron chi connectivity index (χ3n) is 5.42. The molecular weight excluding hydrogens is 348 g/mol. The van der Waals surface area contributed by atoms with Gasteiger partial charge in [-0.2, -0.15) is 0 Å². The van der Waals surface area contributed by atoms with Crippen molar-refractivity contribution in [3.63, 3.8) is 0 Å². The van der Waals surface area contributed by atoms with Crippen LogP contribution in [0.4, 0.5) is 0 Å². The van der Waals surface area contributed by atoms with Crippen LogP contribution in [0.15, 0.2) is 35.8 Å². The van der Waals surface area contributed by atoms with Crippen LogP contribution in [-0.2, 0) is 22.6 Å². The molecule has 0 N–H and O–H groups in total. The minimum absolute atomic E-state index is 0.290. The maximum Gasteiger partial charge on any atom is 0.118 e. The first-order valence-electron chi connectivity index (χ1n) is 9.28. The van der Waals surface area contributed by atoms with E-state index in [1.165, 1.54) is 18.4 Å². The average Bonchev–Trinajstić information content (AvgIpc) is 3.33. The van der Waals surface area contributed by atoms with E-state index < -0.39 is 0 Å². The third-order valence-corrected chi connectivity index (χ3v) is 6.17. The Morgan fingerprint density at radius 2 is 2.15 bits per heavy atom. The van der Waals surface area contributed by atoms with E-state index in [2.05, 4.69) is 22.0 Å². The predicted molar refractivity (Wildman–Crippen MR) is 101 cm³/mol. The molecule has 0 amide bonds. The fraction of sp³-hybridized carbons (Fsp3) is 0.550. The minimum Gasteiger partial charge on any atom is -0.497 e. The number of nitrogens with zero attached hydrogens (tertiary/aromatic N) is 2. The Morgan fingerprint density at radius 1 is 1.27 bits per heavy atom. The summed E-state index contributed by atoms with van der Waals surface area (Å²) in [5.74, 6) is 1.39. The summed E-state index contributed by atoms with van der Waals surface area (Å²) in [4.78, 5) is 6.86. The highest BCUT2D eigenvalue weighted by atomic mass is 32.1. The van der Waals surface area contributed by atoms with Crippen molar-refractivity contribution < 1.29 is 14.2 Å². The molecule has 0 bridgehead atoms. The molecule has 1 saturated heterocycles. The molecule has 6 heteroatoms. The van der Waals surface area contributed by atoms with Crippen LogP contribution in [0, 0.1) is 5.92 Å². The Hall–Kier alpha value is -1.47. The van der Waals surface area contributed by atoms with E-state index >= 15 is 0 Å². The fourth-order valence-corrected chi connectivity index (χ4v) is 4.65. The Balaban J connectivity index is 1.32. The normalized spacial score (nSPS) is 26.0. The summed E-state index contributed by atoms with van der Waals surface area (Å²) in [5, 5.41) is 3.04. The van der Waals surface area contributed by atoms with Gasteiger partial charge in [0.2, 0.25) is 0 Å². The summed E-state index contributed by atoms with van der Waals surface area (Å²) in [6.07, 6.45) is 4.48. The second-order valence-corrected chi connectivity index (χ2v) is 7.98. The topological polar surface area (TPSA) is 43.8 Å². The van der Waals surface area contributed by atoms with Crippen LogP contribution in [0.1, 0.15) is 23.4 Å². The van der Waals surface area contributed by atoms with Crippen LogP contribution in [0.25, 0.3) is 0 Å². The smallest absolute Gasteiger partial charge is 0.118 e. The number of aromatic nitrogens is 1. The van der Waals surface area contributed by atoms with Crippen molar-refractivity contribution in [1.82, 2.24) is 9.88 Å². The van der Waals surface area contributed by atoms with E-state index in [1.807, 2.05) is 23.7 Å². The Labute approximate surface area is 158 Å². The molecule has 5 nitrogen and oxygen atoms in total. The number of benzene rings is 1. The van der Waals surface area contributed by atoms with Crippen molar-refractivity contribution in [3.05, 3.63) is 46.4 Å². The van der Waals surface area contributed by atoms with Crippen LogP contribution in [0.2, 0.25) is 0 Å². The van der Waals surface area contributed by atoms with Gasteiger partial charge in [0, 0.05) is 36.6 Å². The molecule has 2 heterocycles. The maximum absolute atomic E-state index is 6.15. The molecule has 140 valence electrons. The van der Waals surface area contributed by atoms with Gasteiger partial charge in [-0.05, 0) is 30.5 Å². The van der Waals surface area contributed by atoms with Crippen molar-refractivity contribution in [3.8, 4) is 5.75 Å². The Morgan fingerprint density at radius 3 is 2.92 bits per heavy atom. The molecule has 1 aliphatic heterocycles. The van der Waals surface area contributed by atoms with Gasteiger partial charge >= 0.3 is 0 Å². The van der Waals surface area contributed by atoms with Gasteiger partial charge in [0.25, 0.3) is 0 Å². The molecule has 0 radical (unpaired) electrons. The number of thiazole rings is 1. The first-order chi connectivity index (χ1) is 12.8. The van der Waals surface area contributed by atoms with Crippen molar-refractivity contribution in [2.45, 2.75) is 38.1 Å². The quantitative estimate of drug-likeness (QED) is 0.744. The van der Waals surface area contributed by atoms with E-state index in [0.717, 1.165) is 37.1 Å². The Kier molecular flexibility index (Phi) is 5.84. The van der Waals surface area contributed by atoms with Crippen molar-refractivity contribution in [2.24, 2.45) is 5.92 Å². The highest BCUT2D eigenvalue weighted by Gasteiger charge is 2.42. The standard InChI is InChI=1S/C20H26N2O3S/c1-23-17-5-2-15(3-6-17)12-22-9-10-25-20-16(4-7-18(20)22)13-24-14-19-21-8-11-26-19/h2-3,5-6,8,11,16,18,20H,4,7,9-10,12-14H2,1H3/t16-,18-,20+/m0/s1. The van der Waals surface area contributed by atoms with Crippen LogP contribution in [-0.4, -0.2) is 48.9 Å². The molecule has 2 fully saturated rings. The van der Waals surface area contributed by atoms with Gasteiger partial charge in [-0.25, -0.2) is 4.98 Å². The van der Waals surface area contributed by atoms with Crippen LogP contribution < -0.4 is 4.74 Å². The van der Waals surface area contributed by atoms with E-state index in [4.69, 9.17) is 14.2 Å². The summed E-state index contributed by atoms with van der Waals surface area (Å²) < 4.78 is 17.3. The summed E-state index contributed by atoms with van der Waals surface area (Å²) in [6, 6.07) is 8.90. The van der Waals surface area contributed by atoms with E-state index in [0.29, 0.717) is 24.7 Å². The van der Waals surface area contributed by atoms with Gasteiger partial charge in [0.15, 0.2) is 0 Å². The molecule has 4 rings (SSSR count). The van der Waals surface area contributed by atoms with Gasteiger partial charge in [0.1, 0.15) is 10.8 Å². The number of morpholine rings is 1. The monoisotopic (exact) mass is 374 g/mol. The van der Waals surface area contributed by atoms with E-state index in [-0.39, 0.29) is 0 Å². The van der Waals surface area contributed by atoms with Gasteiger partial charge < -0.3 is 14.2 Å². The number of ether oxygens (including phenoxy) is 3. The summed E-state index contributed by atoms with van der Waals surface area (Å²) in [5.41, 5.74) is 1.33. The average molecular weight is 375 g/mol. The largest absolute Gasteiger partial charge is 0.497 e. The number of hydrogen-bond acceptors (Lipinski definition) is 6. The molecule has 1 aromatic carbocycles. The number of hydrogen-bond donors (Lipinski definition) is 0. The lowest BCUT2D eigenvalue weighted by atomic mass is 10.0. The zero-order valence-corrected chi connectivity index (χ0v) is 16.0. The van der Waals surface area contributed by atoms with E-state index in [1.54, 1.807) is 18.4 Å². The lowest BCUT2D eigenvalue weighted by Gasteiger charge is -2.39. The minimum atomic E-state index is 0.290. The highest BCUT2D eigenvalue weighted by Crippen LogP contribution is 2.35. The molecule has 3 atom stereocenters. The molecule has 0 spiro atoms. The van der Waals surface area contributed by atoms with Gasteiger partial charge in [-0.15, -0.1) is 11.3 Å². The van der Waals surface area contributed by atoms with Gasteiger partial charge in [0.05, 0.1) is 33.0 Å². The number of rotatable bonds is 7. The summed E-state index contributed by atoms with van der Waals surface area (Å²) in [7, 11) is 1.71. The molecule has 1 aliphatic carbocycles. The maximum atomic E-state index is 6.15. The molecule has 2 aromatic rings. The molecule has 1 saturated carbocycles. The zero-order valence-electron chi connectivity index (χ0n) is 15.2. The SMILES string of the molecule is COc1ccc(CN2CCO[C@@H]3[C@H](COCc4nccs4)CC[C@@H]32)cc1. The Bertz CT molecular complexity index is 677. The van der Waals surface area contributed by atoms with Gasteiger partial charge in [-0.3, -0.25) is 4.90 Å². The van der Waals surface area contributed by atoms with Crippen molar-refractivity contribution in [1.29, 1.82) is 0 Å². The highest BCUT2D eigenvalue weighted by molar-refractivity contribution is 7.09. The van der Waals surface area contributed by atoms with Crippen LogP contribution in [0.3, 0.4) is 0 Å². The van der Waals surface area contributed by atoms with Crippen LogP contribution >= 0.6 is 11.3 Å². The fourth-order valence-electron chi connectivity index (χ4n) is 4.10. The lowest BCUT2D eigenvalue weighted by molar-refractivity contribution is -0.0891. The van der Waals surface area contributed by atoms with Crippen molar-refractivity contribution >= 4 is 11.3 Å². The first-order valence-corrected chi connectivity index (χ1v) is 10.2. The molecular formula is C20H26N2O3S. The lowest BCUT2D eigenvalue weighted by Crippen LogP contribution is -2.50. The van der Waals surface area contributed by atoms with Gasteiger partial charge in [-0.1, -0.05) is 12.1 Å².